The molecule has 3 rings (SSSR count). The predicted molar refractivity (Wildman–Crippen MR) is 122 cm³/mol. The largest absolute Gasteiger partial charge is 0.494 e. The molecule has 32 heavy (non-hydrogen) atoms. The fraction of sp³-hybridized carbons (Fsp3) is 0.320. The van der Waals surface area contributed by atoms with Crippen LogP contribution in [0.2, 0.25) is 0 Å². The zero-order chi connectivity index (χ0) is 23.1. The van der Waals surface area contributed by atoms with Gasteiger partial charge in [0.25, 0.3) is 0 Å². The number of halogens is 1. The van der Waals surface area contributed by atoms with Crippen molar-refractivity contribution >= 4 is 0 Å². The van der Waals surface area contributed by atoms with Crippen LogP contribution in [0, 0.1) is 19.7 Å². The van der Waals surface area contributed by atoms with Gasteiger partial charge in [-0.25, -0.2) is 9.37 Å². The molecule has 0 aliphatic rings. The van der Waals surface area contributed by atoms with Gasteiger partial charge in [0.15, 0.2) is 18.4 Å². The maximum atomic E-state index is 14.7. The molecule has 7 heteroatoms. The zero-order valence-electron chi connectivity index (χ0n) is 18.9. The van der Waals surface area contributed by atoms with Crippen molar-refractivity contribution in [1.82, 2.24) is 4.98 Å². The van der Waals surface area contributed by atoms with Gasteiger partial charge in [-0.15, -0.1) is 0 Å². The molecule has 3 aromatic rings. The van der Waals surface area contributed by atoms with Crippen LogP contribution in [-0.2, 0) is 11.2 Å². The third kappa shape index (κ3) is 5.36. The average Bonchev–Trinajstić information content (AvgIpc) is 2.79. The number of aromatic nitrogens is 1. The molecule has 2 aromatic carbocycles. The smallest absolute Gasteiger partial charge is 0.188 e. The lowest BCUT2D eigenvalue weighted by molar-refractivity contribution is 0.0513. The third-order valence-corrected chi connectivity index (χ3v) is 5.09. The molecule has 1 heterocycles. The quantitative estimate of drug-likeness (QED) is 0.458. The van der Waals surface area contributed by atoms with Crippen molar-refractivity contribution in [2.45, 2.75) is 27.2 Å². The first-order chi connectivity index (χ1) is 15.5. The van der Waals surface area contributed by atoms with E-state index in [0.29, 0.717) is 30.0 Å². The molecule has 1 aromatic heterocycles. The van der Waals surface area contributed by atoms with Gasteiger partial charge in [-0.05, 0) is 67.8 Å². The van der Waals surface area contributed by atoms with Crippen LogP contribution in [0.15, 0.2) is 42.5 Å². The topological polar surface area (TPSA) is 75.8 Å². The van der Waals surface area contributed by atoms with Crippen molar-refractivity contribution in [2.24, 2.45) is 5.73 Å². The molecule has 0 aliphatic heterocycles. The number of pyridine rings is 1. The van der Waals surface area contributed by atoms with Crippen molar-refractivity contribution in [2.75, 3.05) is 27.2 Å². The summed E-state index contributed by atoms with van der Waals surface area (Å²) in [6.07, 6.45) is 0.459. The van der Waals surface area contributed by atoms with Crippen molar-refractivity contribution in [3.8, 4) is 28.5 Å². The standard InChI is InChI=1S/C25H29FN2O4/c1-5-30-20-8-6-7-18(12-20)25-22(32-15-29-4)10-9-19(28-25)13-21-16(2)11-23(31-14-27)24(26)17(21)3/h6-12H,5,13-15,27H2,1-4H3. The second-order valence-electron chi connectivity index (χ2n) is 7.26. The summed E-state index contributed by atoms with van der Waals surface area (Å²) in [4.78, 5) is 4.85. The molecule has 0 spiro atoms. The Morgan fingerprint density at radius 2 is 1.81 bits per heavy atom. The van der Waals surface area contributed by atoms with Crippen LogP contribution in [0.4, 0.5) is 4.39 Å². The number of rotatable bonds is 10. The Morgan fingerprint density at radius 1 is 1.00 bits per heavy atom. The second kappa shape index (κ2) is 10.9. The first-order valence-corrected chi connectivity index (χ1v) is 10.4. The number of methoxy groups -OCH3 is 1. The number of nitrogens with zero attached hydrogens (tertiary/aromatic N) is 1. The van der Waals surface area contributed by atoms with Crippen LogP contribution in [-0.4, -0.2) is 32.2 Å². The molecule has 2 N–H and O–H groups in total. The lowest BCUT2D eigenvalue weighted by atomic mass is 9.97. The summed E-state index contributed by atoms with van der Waals surface area (Å²) in [5, 5.41) is 0. The van der Waals surface area contributed by atoms with Crippen molar-refractivity contribution in [1.29, 1.82) is 0 Å². The number of ether oxygens (including phenoxy) is 4. The second-order valence-corrected chi connectivity index (χ2v) is 7.26. The lowest BCUT2D eigenvalue weighted by Gasteiger charge is -2.16. The maximum absolute atomic E-state index is 14.7. The Bertz CT molecular complexity index is 1070. The van der Waals surface area contributed by atoms with Gasteiger partial charge >= 0.3 is 0 Å². The minimum Gasteiger partial charge on any atom is -0.494 e. The fourth-order valence-electron chi connectivity index (χ4n) is 3.54. The number of benzene rings is 2. The van der Waals surface area contributed by atoms with E-state index in [0.717, 1.165) is 28.1 Å². The first-order valence-electron chi connectivity index (χ1n) is 10.4. The summed E-state index contributed by atoms with van der Waals surface area (Å²) in [6, 6.07) is 13.1. The SMILES string of the molecule is CCOc1cccc(-c2nc(Cc3c(C)cc(OCN)c(F)c3C)ccc2OCOC)c1. The van der Waals surface area contributed by atoms with E-state index in [1.54, 1.807) is 20.1 Å². The zero-order valence-corrected chi connectivity index (χ0v) is 18.9. The van der Waals surface area contributed by atoms with E-state index in [2.05, 4.69) is 0 Å². The molecule has 0 radical (unpaired) electrons. The van der Waals surface area contributed by atoms with Crippen LogP contribution >= 0.6 is 0 Å². The first kappa shape index (κ1) is 23.5. The van der Waals surface area contributed by atoms with E-state index in [4.69, 9.17) is 29.7 Å². The van der Waals surface area contributed by atoms with Crippen LogP contribution in [0.5, 0.6) is 17.2 Å². The van der Waals surface area contributed by atoms with Crippen LogP contribution < -0.4 is 19.9 Å². The van der Waals surface area contributed by atoms with E-state index in [1.165, 1.54) is 0 Å². The van der Waals surface area contributed by atoms with E-state index >= 15 is 0 Å². The molecule has 0 unspecified atom stereocenters. The Kier molecular flexibility index (Phi) is 8.03. The molecule has 0 aliphatic carbocycles. The van der Waals surface area contributed by atoms with Crippen LogP contribution in [0.1, 0.15) is 29.3 Å². The molecule has 0 amide bonds. The van der Waals surface area contributed by atoms with E-state index in [1.807, 2.05) is 50.2 Å². The van der Waals surface area contributed by atoms with Gasteiger partial charge in [-0.2, -0.15) is 0 Å². The van der Waals surface area contributed by atoms with Gasteiger partial charge in [-0.1, -0.05) is 12.1 Å². The minimum absolute atomic E-state index is 0.0796. The van der Waals surface area contributed by atoms with Gasteiger partial charge in [-0.3, -0.25) is 5.73 Å². The monoisotopic (exact) mass is 440 g/mol. The summed E-state index contributed by atoms with van der Waals surface area (Å²) in [6.45, 7) is 6.19. The molecule has 0 bridgehead atoms. The highest BCUT2D eigenvalue weighted by Crippen LogP contribution is 2.33. The van der Waals surface area contributed by atoms with E-state index < -0.39 is 5.82 Å². The lowest BCUT2D eigenvalue weighted by Crippen LogP contribution is -2.10. The van der Waals surface area contributed by atoms with Gasteiger partial charge in [0.1, 0.15) is 23.9 Å². The van der Waals surface area contributed by atoms with Crippen LogP contribution in [0.3, 0.4) is 0 Å². The van der Waals surface area contributed by atoms with Gasteiger partial charge in [0.2, 0.25) is 0 Å². The molecule has 0 saturated heterocycles. The highest BCUT2D eigenvalue weighted by atomic mass is 19.1. The number of aryl methyl sites for hydroxylation is 1. The summed E-state index contributed by atoms with van der Waals surface area (Å²) < 4.78 is 36.4. The average molecular weight is 441 g/mol. The number of hydrogen-bond acceptors (Lipinski definition) is 6. The van der Waals surface area contributed by atoms with E-state index in [9.17, 15) is 4.39 Å². The van der Waals surface area contributed by atoms with Crippen molar-refractivity contribution in [3.63, 3.8) is 0 Å². The van der Waals surface area contributed by atoms with Gasteiger partial charge < -0.3 is 18.9 Å². The molecule has 0 fully saturated rings. The maximum Gasteiger partial charge on any atom is 0.188 e. The van der Waals surface area contributed by atoms with Gasteiger partial charge in [0, 0.05) is 24.8 Å². The van der Waals surface area contributed by atoms with Gasteiger partial charge in [0.05, 0.1) is 6.61 Å². The number of hydrogen-bond donors (Lipinski definition) is 1. The molecular formula is C25H29FN2O4. The Labute approximate surface area is 188 Å². The molecule has 0 saturated carbocycles. The Balaban J connectivity index is 2.01. The highest BCUT2D eigenvalue weighted by Gasteiger charge is 2.17. The third-order valence-electron chi connectivity index (χ3n) is 5.09. The number of nitrogens with two attached hydrogens (primary N) is 1. The Hall–Kier alpha value is -3.16. The van der Waals surface area contributed by atoms with Crippen molar-refractivity contribution < 1.29 is 23.3 Å². The molecule has 6 nitrogen and oxygen atoms in total. The fourth-order valence-corrected chi connectivity index (χ4v) is 3.54. The van der Waals surface area contributed by atoms with Crippen LogP contribution in [0.25, 0.3) is 11.3 Å². The summed E-state index contributed by atoms with van der Waals surface area (Å²) in [7, 11) is 1.56. The summed E-state index contributed by atoms with van der Waals surface area (Å²) in [5.74, 6) is 1.10. The molecule has 0 atom stereocenters. The van der Waals surface area contributed by atoms with Crippen molar-refractivity contribution in [3.05, 3.63) is 70.7 Å². The summed E-state index contributed by atoms with van der Waals surface area (Å²) >= 11 is 0. The highest BCUT2D eigenvalue weighted by molar-refractivity contribution is 5.68. The molecule has 170 valence electrons. The normalized spacial score (nSPS) is 10.8. The van der Waals surface area contributed by atoms with E-state index in [-0.39, 0.29) is 19.3 Å². The summed E-state index contributed by atoms with van der Waals surface area (Å²) in [5.41, 5.74) is 10.0. The minimum atomic E-state index is -0.402. The Morgan fingerprint density at radius 3 is 2.53 bits per heavy atom. The predicted octanol–water partition coefficient (Wildman–Crippen LogP) is 4.77. The molecular weight excluding hydrogens is 411 g/mol.